The fraction of sp³-hybridized carbons (Fsp3) is 0.615. The van der Waals surface area contributed by atoms with Crippen LogP contribution in [0.1, 0.15) is 30.1 Å². The molecule has 0 amide bonds. The summed E-state index contributed by atoms with van der Waals surface area (Å²) in [5.41, 5.74) is 0. The number of fused-ring (bicyclic) bond motifs is 2. The molecule has 0 saturated carbocycles. The first-order chi connectivity index (χ1) is 8.29. The Kier molecular flexibility index (Phi) is 2.92. The number of hydrogen-bond acceptors (Lipinski definition) is 4. The zero-order valence-corrected chi connectivity index (χ0v) is 10.7. The number of carbonyl (C=O) groups excluding carboxylic acids is 1. The van der Waals surface area contributed by atoms with Gasteiger partial charge in [0.1, 0.15) is 0 Å². The molecule has 17 heavy (non-hydrogen) atoms. The number of esters is 1. The normalized spacial score (nSPS) is 35.8. The highest BCUT2D eigenvalue weighted by atomic mass is 32.1. The van der Waals surface area contributed by atoms with Crippen molar-refractivity contribution < 1.29 is 9.53 Å². The first-order valence-corrected chi connectivity index (χ1v) is 7.05. The molecule has 1 aromatic heterocycles. The lowest BCUT2D eigenvalue weighted by Crippen LogP contribution is -2.47. The second kappa shape index (κ2) is 4.42. The van der Waals surface area contributed by atoms with Gasteiger partial charge in [0, 0.05) is 22.9 Å². The molecule has 0 aromatic carbocycles. The maximum absolute atomic E-state index is 12.0. The summed E-state index contributed by atoms with van der Waals surface area (Å²) in [5.74, 6) is 0.292. The van der Waals surface area contributed by atoms with Gasteiger partial charge in [-0.1, -0.05) is 6.07 Å². The summed E-state index contributed by atoms with van der Waals surface area (Å²) in [6.07, 6.45) is 3.36. The molecule has 1 N–H and O–H groups in total. The van der Waals surface area contributed by atoms with Crippen molar-refractivity contribution in [1.82, 2.24) is 5.32 Å². The van der Waals surface area contributed by atoms with Crippen molar-refractivity contribution in [1.29, 1.82) is 0 Å². The SMILES string of the molecule is COC(=O)C1C2CCC(CC1c1cccs1)N2. The summed E-state index contributed by atoms with van der Waals surface area (Å²) in [6, 6.07) is 5.12. The minimum atomic E-state index is -0.0544. The molecule has 4 atom stereocenters. The lowest BCUT2D eigenvalue weighted by atomic mass is 9.80. The number of piperidine rings is 1. The summed E-state index contributed by atoms with van der Waals surface area (Å²) in [6.45, 7) is 0. The summed E-state index contributed by atoms with van der Waals surface area (Å²) < 4.78 is 4.99. The molecule has 1 aromatic rings. The summed E-state index contributed by atoms with van der Waals surface area (Å²) in [4.78, 5) is 13.3. The van der Waals surface area contributed by atoms with Crippen LogP contribution in [-0.4, -0.2) is 25.2 Å². The first kappa shape index (κ1) is 11.2. The molecule has 92 valence electrons. The van der Waals surface area contributed by atoms with Gasteiger partial charge < -0.3 is 10.1 Å². The Balaban J connectivity index is 1.91. The van der Waals surface area contributed by atoms with E-state index in [1.807, 2.05) is 0 Å². The fourth-order valence-electron chi connectivity index (χ4n) is 3.31. The quantitative estimate of drug-likeness (QED) is 0.818. The second-order valence-corrected chi connectivity index (χ2v) is 5.93. The van der Waals surface area contributed by atoms with Crippen molar-refractivity contribution in [3.8, 4) is 0 Å². The Hall–Kier alpha value is -0.870. The molecule has 3 rings (SSSR count). The van der Waals surface area contributed by atoms with Gasteiger partial charge in [0.2, 0.25) is 0 Å². The highest BCUT2D eigenvalue weighted by molar-refractivity contribution is 7.10. The van der Waals surface area contributed by atoms with Crippen LogP contribution in [0.4, 0.5) is 0 Å². The summed E-state index contributed by atoms with van der Waals surface area (Å²) in [7, 11) is 1.49. The topological polar surface area (TPSA) is 38.3 Å². The number of ether oxygens (including phenoxy) is 1. The van der Waals surface area contributed by atoms with Gasteiger partial charge in [-0.2, -0.15) is 0 Å². The van der Waals surface area contributed by atoms with E-state index in [2.05, 4.69) is 22.8 Å². The number of hydrogen-bond donors (Lipinski definition) is 1. The Morgan fingerprint density at radius 2 is 2.41 bits per heavy atom. The van der Waals surface area contributed by atoms with Crippen molar-refractivity contribution in [2.75, 3.05) is 7.11 Å². The minimum absolute atomic E-state index is 0.00241. The molecule has 0 radical (unpaired) electrons. The molecule has 3 heterocycles. The molecule has 2 saturated heterocycles. The second-order valence-electron chi connectivity index (χ2n) is 4.95. The molecule has 2 bridgehead atoms. The van der Waals surface area contributed by atoms with Crippen molar-refractivity contribution in [3.63, 3.8) is 0 Å². The van der Waals surface area contributed by atoms with E-state index in [9.17, 15) is 4.79 Å². The zero-order valence-electron chi connectivity index (χ0n) is 9.89. The van der Waals surface area contributed by atoms with E-state index in [-0.39, 0.29) is 11.9 Å². The van der Waals surface area contributed by atoms with E-state index in [0.717, 1.165) is 12.8 Å². The maximum atomic E-state index is 12.0. The van der Waals surface area contributed by atoms with Crippen LogP contribution >= 0.6 is 11.3 Å². The lowest BCUT2D eigenvalue weighted by Gasteiger charge is -2.35. The van der Waals surface area contributed by atoms with Crippen LogP contribution in [0, 0.1) is 5.92 Å². The molecule has 2 aliphatic rings. The highest BCUT2D eigenvalue weighted by Gasteiger charge is 2.46. The molecular weight excluding hydrogens is 234 g/mol. The predicted molar refractivity (Wildman–Crippen MR) is 67.1 cm³/mol. The van der Waals surface area contributed by atoms with Crippen LogP contribution < -0.4 is 5.32 Å². The van der Waals surface area contributed by atoms with Gasteiger partial charge in [0.15, 0.2) is 0 Å². The Morgan fingerprint density at radius 3 is 3.12 bits per heavy atom. The molecule has 3 nitrogen and oxygen atoms in total. The van der Waals surface area contributed by atoms with Gasteiger partial charge in [-0.3, -0.25) is 4.79 Å². The van der Waals surface area contributed by atoms with Gasteiger partial charge in [-0.25, -0.2) is 0 Å². The number of rotatable bonds is 2. The molecule has 4 heteroatoms. The standard InChI is InChI=1S/C13H17NO2S/c1-16-13(15)12-9(11-3-2-6-17-11)7-8-4-5-10(12)14-8/h2-3,6,8-10,12,14H,4-5,7H2,1H3. The van der Waals surface area contributed by atoms with E-state index in [1.165, 1.54) is 18.4 Å². The minimum Gasteiger partial charge on any atom is -0.469 e. The van der Waals surface area contributed by atoms with Crippen molar-refractivity contribution in [2.45, 2.75) is 37.3 Å². The number of carbonyl (C=O) groups is 1. The van der Waals surface area contributed by atoms with Crippen LogP contribution in [0.2, 0.25) is 0 Å². The van der Waals surface area contributed by atoms with E-state index in [4.69, 9.17) is 4.74 Å². The van der Waals surface area contributed by atoms with Crippen LogP contribution in [0.25, 0.3) is 0 Å². The molecule has 0 aliphatic carbocycles. The Morgan fingerprint density at radius 1 is 1.53 bits per heavy atom. The molecular formula is C13H17NO2S. The first-order valence-electron chi connectivity index (χ1n) is 6.17. The molecule has 2 fully saturated rings. The summed E-state index contributed by atoms with van der Waals surface area (Å²) in [5, 5.41) is 5.64. The predicted octanol–water partition coefficient (Wildman–Crippen LogP) is 2.15. The van der Waals surface area contributed by atoms with E-state index in [0.29, 0.717) is 18.0 Å². The van der Waals surface area contributed by atoms with Crippen molar-refractivity contribution >= 4 is 17.3 Å². The van der Waals surface area contributed by atoms with Crippen LogP contribution in [-0.2, 0) is 9.53 Å². The largest absolute Gasteiger partial charge is 0.469 e. The van der Waals surface area contributed by atoms with E-state index < -0.39 is 0 Å². The van der Waals surface area contributed by atoms with E-state index >= 15 is 0 Å². The van der Waals surface area contributed by atoms with E-state index in [1.54, 1.807) is 11.3 Å². The average molecular weight is 251 g/mol. The van der Waals surface area contributed by atoms with Gasteiger partial charge >= 0.3 is 5.97 Å². The van der Waals surface area contributed by atoms with Crippen molar-refractivity contribution in [2.24, 2.45) is 5.92 Å². The Bertz CT molecular complexity index is 404. The fourth-order valence-corrected chi connectivity index (χ4v) is 4.20. The van der Waals surface area contributed by atoms with Gasteiger partial charge in [0.05, 0.1) is 13.0 Å². The third kappa shape index (κ3) is 1.89. The van der Waals surface area contributed by atoms with Crippen LogP contribution in [0.3, 0.4) is 0 Å². The number of thiophene rings is 1. The monoisotopic (exact) mass is 251 g/mol. The molecule has 0 spiro atoms. The highest BCUT2D eigenvalue weighted by Crippen LogP contribution is 2.43. The Labute approximate surface area is 105 Å². The van der Waals surface area contributed by atoms with Gasteiger partial charge in [0.25, 0.3) is 0 Å². The molecule has 4 unspecified atom stereocenters. The third-order valence-electron chi connectivity index (χ3n) is 4.06. The number of nitrogens with one attached hydrogen (secondary N) is 1. The third-order valence-corrected chi connectivity index (χ3v) is 5.07. The molecule has 2 aliphatic heterocycles. The summed E-state index contributed by atoms with van der Waals surface area (Å²) >= 11 is 1.76. The van der Waals surface area contributed by atoms with Gasteiger partial charge in [-0.15, -0.1) is 11.3 Å². The number of methoxy groups -OCH3 is 1. The van der Waals surface area contributed by atoms with Gasteiger partial charge in [-0.05, 0) is 30.7 Å². The zero-order chi connectivity index (χ0) is 11.8. The van der Waals surface area contributed by atoms with Crippen LogP contribution in [0.15, 0.2) is 17.5 Å². The smallest absolute Gasteiger partial charge is 0.310 e. The lowest BCUT2D eigenvalue weighted by molar-refractivity contribution is -0.148. The van der Waals surface area contributed by atoms with Crippen LogP contribution in [0.5, 0.6) is 0 Å². The average Bonchev–Trinajstić information content (AvgIpc) is 2.98. The maximum Gasteiger partial charge on any atom is 0.310 e. The van der Waals surface area contributed by atoms with Crippen molar-refractivity contribution in [3.05, 3.63) is 22.4 Å².